The number of hydrogen-bond donors (Lipinski definition) is 0. The van der Waals surface area contributed by atoms with Gasteiger partial charge in [0.15, 0.2) is 0 Å². The van der Waals surface area contributed by atoms with E-state index in [4.69, 9.17) is 16.3 Å². The number of benzene rings is 2. The Morgan fingerprint density at radius 2 is 1.29 bits per heavy atom. The molecule has 2 heterocycles. The summed E-state index contributed by atoms with van der Waals surface area (Å²) in [5, 5.41) is 0.635. The maximum absolute atomic E-state index is 12.6. The molecule has 2 fully saturated rings. The summed E-state index contributed by atoms with van der Waals surface area (Å²) in [7, 11) is 0. The number of likely N-dealkylation sites (tertiary alicyclic amines) is 2. The summed E-state index contributed by atoms with van der Waals surface area (Å²) in [5.74, 6) is 1.38. The van der Waals surface area contributed by atoms with Gasteiger partial charge in [0.05, 0.1) is 6.61 Å². The molecular weight excluding hydrogens is 412 g/mol. The Labute approximate surface area is 188 Å². The third-order valence-electron chi connectivity index (χ3n) is 6.22. The zero-order valence-electron chi connectivity index (χ0n) is 17.8. The van der Waals surface area contributed by atoms with Crippen LogP contribution in [0.25, 0.3) is 0 Å². The number of rotatable bonds is 5. The monoisotopic (exact) mass is 440 g/mol. The van der Waals surface area contributed by atoms with E-state index in [2.05, 4.69) is 0 Å². The topological polar surface area (TPSA) is 49.9 Å². The van der Waals surface area contributed by atoms with E-state index in [1.807, 2.05) is 34.1 Å². The van der Waals surface area contributed by atoms with Gasteiger partial charge in [0, 0.05) is 42.3 Å². The van der Waals surface area contributed by atoms with Crippen LogP contribution in [0.4, 0.5) is 0 Å². The number of amides is 2. The lowest BCUT2D eigenvalue weighted by atomic mass is 9.97. The minimum atomic E-state index is 0.0602. The van der Waals surface area contributed by atoms with E-state index in [-0.39, 0.29) is 11.8 Å². The van der Waals surface area contributed by atoms with Crippen molar-refractivity contribution in [1.82, 2.24) is 9.80 Å². The lowest BCUT2D eigenvalue weighted by Gasteiger charge is -2.32. The second-order valence-electron chi connectivity index (χ2n) is 8.43. The lowest BCUT2D eigenvalue weighted by Crippen LogP contribution is -2.39. The van der Waals surface area contributed by atoms with Gasteiger partial charge in [-0.2, -0.15) is 0 Å². The van der Waals surface area contributed by atoms with Crippen molar-refractivity contribution in [2.45, 2.75) is 32.1 Å². The molecule has 0 saturated carbocycles. The van der Waals surface area contributed by atoms with Crippen LogP contribution in [0.5, 0.6) is 5.75 Å². The molecule has 0 atom stereocenters. The molecule has 2 saturated heterocycles. The van der Waals surface area contributed by atoms with Crippen LogP contribution in [-0.2, 0) is 0 Å². The quantitative estimate of drug-likeness (QED) is 0.664. The van der Waals surface area contributed by atoms with Crippen molar-refractivity contribution in [3.63, 3.8) is 0 Å². The molecule has 2 aromatic carbocycles. The average molecular weight is 441 g/mol. The van der Waals surface area contributed by atoms with E-state index < -0.39 is 0 Å². The number of halogens is 1. The Hall–Kier alpha value is -2.53. The summed E-state index contributed by atoms with van der Waals surface area (Å²) in [6, 6.07) is 14.5. The summed E-state index contributed by atoms with van der Waals surface area (Å²) >= 11 is 5.91. The van der Waals surface area contributed by atoms with Crippen molar-refractivity contribution in [2.24, 2.45) is 5.92 Å². The van der Waals surface area contributed by atoms with Crippen LogP contribution in [0.3, 0.4) is 0 Å². The molecule has 0 aromatic heterocycles. The summed E-state index contributed by atoms with van der Waals surface area (Å²) in [5.41, 5.74) is 1.40. The highest BCUT2D eigenvalue weighted by Crippen LogP contribution is 2.22. The fourth-order valence-electron chi connectivity index (χ4n) is 4.27. The molecule has 5 nitrogen and oxygen atoms in total. The highest BCUT2D eigenvalue weighted by atomic mass is 35.5. The summed E-state index contributed by atoms with van der Waals surface area (Å²) < 4.78 is 5.98. The normalized spacial score (nSPS) is 17.5. The molecule has 2 amide bonds. The fraction of sp³-hybridized carbons (Fsp3) is 0.440. The molecule has 4 rings (SSSR count). The number of ether oxygens (including phenoxy) is 1. The van der Waals surface area contributed by atoms with Crippen molar-refractivity contribution in [2.75, 3.05) is 32.8 Å². The standard InChI is InChI=1S/C25H29ClN2O3/c26-22-8-4-20(5-9-22)25(30)28-16-12-19(13-17-28)18-31-23-10-6-21(7-11-23)24(29)27-14-2-1-3-15-27/h4-11,19H,1-3,12-18H2. The first-order chi connectivity index (χ1) is 15.1. The van der Waals surface area contributed by atoms with Crippen LogP contribution < -0.4 is 4.74 Å². The first-order valence-corrected chi connectivity index (χ1v) is 11.5. The van der Waals surface area contributed by atoms with Gasteiger partial charge in [-0.15, -0.1) is 0 Å². The van der Waals surface area contributed by atoms with Crippen molar-refractivity contribution in [1.29, 1.82) is 0 Å². The van der Waals surface area contributed by atoms with E-state index in [0.717, 1.165) is 63.2 Å². The largest absolute Gasteiger partial charge is 0.493 e. The highest BCUT2D eigenvalue weighted by Gasteiger charge is 2.24. The van der Waals surface area contributed by atoms with Gasteiger partial charge in [-0.3, -0.25) is 9.59 Å². The Morgan fingerprint density at radius 1 is 0.774 bits per heavy atom. The minimum Gasteiger partial charge on any atom is -0.493 e. The molecule has 0 bridgehead atoms. The van der Waals surface area contributed by atoms with Crippen molar-refractivity contribution >= 4 is 23.4 Å². The van der Waals surface area contributed by atoms with Gasteiger partial charge >= 0.3 is 0 Å². The first kappa shape index (κ1) is 21.7. The fourth-order valence-corrected chi connectivity index (χ4v) is 4.39. The number of nitrogens with zero attached hydrogens (tertiary/aromatic N) is 2. The minimum absolute atomic E-state index is 0.0602. The molecule has 0 N–H and O–H groups in total. The zero-order valence-corrected chi connectivity index (χ0v) is 18.5. The van der Waals surface area contributed by atoms with E-state index in [0.29, 0.717) is 23.1 Å². The van der Waals surface area contributed by atoms with Crippen LogP contribution >= 0.6 is 11.6 Å². The molecule has 0 aliphatic carbocycles. The predicted octanol–water partition coefficient (Wildman–Crippen LogP) is 4.90. The molecule has 0 radical (unpaired) electrons. The average Bonchev–Trinajstić information content (AvgIpc) is 2.83. The molecule has 2 aliphatic heterocycles. The summed E-state index contributed by atoms with van der Waals surface area (Å²) in [6.07, 6.45) is 5.24. The molecule has 6 heteroatoms. The molecule has 164 valence electrons. The molecular formula is C25H29ClN2O3. The maximum Gasteiger partial charge on any atom is 0.253 e. The van der Waals surface area contributed by atoms with Crippen molar-refractivity contribution < 1.29 is 14.3 Å². The Balaban J connectivity index is 1.23. The SMILES string of the molecule is O=C(c1ccc(OCC2CCN(C(=O)c3ccc(Cl)cc3)CC2)cc1)N1CCCCC1. The molecule has 2 aromatic rings. The van der Waals surface area contributed by atoms with Crippen LogP contribution in [0.2, 0.25) is 5.02 Å². The van der Waals surface area contributed by atoms with Crippen LogP contribution in [0.1, 0.15) is 52.8 Å². The van der Waals surface area contributed by atoms with Crippen LogP contribution in [0, 0.1) is 5.92 Å². The summed E-state index contributed by atoms with van der Waals surface area (Å²) in [4.78, 5) is 29.0. The lowest BCUT2D eigenvalue weighted by molar-refractivity contribution is 0.0659. The number of carbonyl (C=O) groups is 2. The first-order valence-electron chi connectivity index (χ1n) is 11.2. The molecule has 2 aliphatic rings. The van der Waals surface area contributed by atoms with Crippen molar-refractivity contribution in [3.05, 3.63) is 64.7 Å². The van der Waals surface area contributed by atoms with Gasteiger partial charge in [0.2, 0.25) is 0 Å². The second-order valence-corrected chi connectivity index (χ2v) is 8.87. The zero-order chi connectivity index (χ0) is 21.6. The van der Waals surface area contributed by atoms with Gasteiger partial charge in [-0.05, 0) is 86.6 Å². The number of hydrogen-bond acceptors (Lipinski definition) is 3. The van der Waals surface area contributed by atoms with E-state index in [9.17, 15) is 9.59 Å². The number of piperidine rings is 2. The van der Waals surface area contributed by atoms with Crippen LogP contribution in [-0.4, -0.2) is 54.4 Å². The van der Waals surface area contributed by atoms with E-state index in [1.54, 1.807) is 24.3 Å². The summed E-state index contributed by atoms with van der Waals surface area (Å²) in [6.45, 7) is 3.81. The van der Waals surface area contributed by atoms with Gasteiger partial charge in [0.25, 0.3) is 11.8 Å². The molecule has 31 heavy (non-hydrogen) atoms. The van der Waals surface area contributed by atoms with Gasteiger partial charge in [-0.1, -0.05) is 11.6 Å². The third-order valence-corrected chi connectivity index (χ3v) is 6.48. The maximum atomic E-state index is 12.6. The second kappa shape index (κ2) is 10.2. The van der Waals surface area contributed by atoms with Gasteiger partial charge in [-0.25, -0.2) is 0 Å². The van der Waals surface area contributed by atoms with Gasteiger partial charge < -0.3 is 14.5 Å². The Bertz CT molecular complexity index is 884. The third kappa shape index (κ3) is 5.59. The van der Waals surface area contributed by atoms with Crippen LogP contribution in [0.15, 0.2) is 48.5 Å². The Morgan fingerprint density at radius 3 is 1.87 bits per heavy atom. The van der Waals surface area contributed by atoms with Crippen molar-refractivity contribution in [3.8, 4) is 5.75 Å². The highest BCUT2D eigenvalue weighted by molar-refractivity contribution is 6.30. The molecule has 0 unspecified atom stereocenters. The smallest absolute Gasteiger partial charge is 0.253 e. The number of carbonyl (C=O) groups excluding carboxylic acids is 2. The Kier molecular flexibility index (Phi) is 7.13. The predicted molar refractivity (Wildman–Crippen MR) is 122 cm³/mol. The molecule has 0 spiro atoms. The van der Waals surface area contributed by atoms with Gasteiger partial charge in [0.1, 0.15) is 5.75 Å². The van der Waals surface area contributed by atoms with E-state index >= 15 is 0 Å². The van der Waals surface area contributed by atoms with E-state index in [1.165, 1.54) is 6.42 Å².